The average Bonchev–Trinajstić information content (AvgIpc) is 3.12. The Morgan fingerprint density at radius 2 is 1.80 bits per heavy atom. The van der Waals surface area contributed by atoms with E-state index in [1.807, 2.05) is 25.1 Å². The number of nitrogens with zero attached hydrogens (tertiary/aromatic N) is 2. The molecule has 0 bridgehead atoms. The number of benzene rings is 2. The summed E-state index contributed by atoms with van der Waals surface area (Å²) in [6, 6.07) is 12.7. The first-order valence-electron chi connectivity index (χ1n) is 7.55. The highest BCUT2D eigenvalue weighted by Gasteiger charge is 2.19. The number of aromatic nitrogens is 2. The van der Waals surface area contributed by atoms with Crippen LogP contribution in [0.25, 0.3) is 11.5 Å². The summed E-state index contributed by atoms with van der Waals surface area (Å²) in [5.74, 6) is 0.669. The highest BCUT2D eigenvalue weighted by molar-refractivity contribution is 6.02. The Hall–Kier alpha value is -3.35. The van der Waals surface area contributed by atoms with Crippen molar-refractivity contribution in [1.29, 1.82) is 0 Å². The molecule has 3 rings (SSSR count). The van der Waals surface area contributed by atoms with E-state index in [4.69, 9.17) is 13.9 Å². The number of ether oxygens (including phenoxy) is 2. The SMILES string of the molecule is COc1ccc(C)cc1NC(=O)c1nnc(-c2ccccc2OC)o1. The standard InChI is InChI=1S/C18H17N3O4/c1-11-8-9-15(24-3)13(10-11)19-16(22)18-21-20-17(25-18)12-6-4-5-7-14(12)23-2/h4-10H,1-3H3,(H,19,22). The molecule has 0 unspecified atom stereocenters. The number of nitrogens with one attached hydrogen (secondary N) is 1. The molecule has 0 fully saturated rings. The Bertz CT molecular complexity index is 905. The van der Waals surface area contributed by atoms with Crippen molar-refractivity contribution in [3.63, 3.8) is 0 Å². The van der Waals surface area contributed by atoms with Gasteiger partial charge >= 0.3 is 11.8 Å². The summed E-state index contributed by atoms with van der Waals surface area (Å²) in [6.45, 7) is 1.92. The van der Waals surface area contributed by atoms with Crippen LogP contribution in [0.2, 0.25) is 0 Å². The number of anilines is 1. The van der Waals surface area contributed by atoms with Crippen LogP contribution in [0.5, 0.6) is 11.5 Å². The fourth-order valence-electron chi connectivity index (χ4n) is 2.34. The zero-order valence-electron chi connectivity index (χ0n) is 14.1. The van der Waals surface area contributed by atoms with Gasteiger partial charge in [0.25, 0.3) is 5.89 Å². The number of carbonyl (C=O) groups excluding carboxylic acids is 1. The topological polar surface area (TPSA) is 86.5 Å². The van der Waals surface area contributed by atoms with Gasteiger partial charge < -0.3 is 19.2 Å². The van der Waals surface area contributed by atoms with Crippen molar-refractivity contribution < 1.29 is 18.7 Å². The fourth-order valence-corrected chi connectivity index (χ4v) is 2.34. The van der Waals surface area contributed by atoms with Crippen LogP contribution in [-0.2, 0) is 0 Å². The van der Waals surface area contributed by atoms with E-state index in [-0.39, 0.29) is 11.8 Å². The van der Waals surface area contributed by atoms with Gasteiger partial charge in [0.15, 0.2) is 0 Å². The number of hydrogen-bond acceptors (Lipinski definition) is 6. The van der Waals surface area contributed by atoms with Crippen molar-refractivity contribution in [1.82, 2.24) is 10.2 Å². The molecule has 1 N–H and O–H groups in total. The number of hydrogen-bond donors (Lipinski definition) is 1. The third-order valence-corrected chi connectivity index (χ3v) is 3.56. The second kappa shape index (κ2) is 7.04. The van der Waals surface area contributed by atoms with Gasteiger partial charge in [-0.25, -0.2) is 0 Å². The molecule has 7 nitrogen and oxygen atoms in total. The van der Waals surface area contributed by atoms with E-state index in [9.17, 15) is 4.79 Å². The molecule has 2 aromatic carbocycles. The van der Waals surface area contributed by atoms with Crippen LogP contribution in [0.4, 0.5) is 5.69 Å². The molecule has 7 heteroatoms. The Morgan fingerprint density at radius 1 is 1.04 bits per heavy atom. The molecule has 1 aromatic heterocycles. The Kier molecular flexibility index (Phi) is 4.65. The van der Waals surface area contributed by atoms with Crippen LogP contribution in [0.3, 0.4) is 0 Å². The molecular weight excluding hydrogens is 322 g/mol. The van der Waals surface area contributed by atoms with E-state index in [0.717, 1.165) is 5.56 Å². The van der Waals surface area contributed by atoms with Crippen LogP contribution in [0.15, 0.2) is 46.9 Å². The lowest BCUT2D eigenvalue weighted by atomic mass is 10.2. The molecule has 1 amide bonds. The number of methoxy groups -OCH3 is 2. The molecule has 0 spiro atoms. The molecule has 3 aromatic rings. The number of para-hydroxylation sites is 1. The Morgan fingerprint density at radius 3 is 2.56 bits per heavy atom. The fraction of sp³-hybridized carbons (Fsp3) is 0.167. The smallest absolute Gasteiger partial charge is 0.313 e. The maximum Gasteiger partial charge on any atom is 0.313 e. The normalized spacial score (nSPS) is 10.4. The van der Waals surface area contributed by atoms with E-state index in [1.165, 1.54) is 7.11 Å². The van der Waals surface area contributed by atoms with Crippen LogP contribution in [0, 0.1) is 6.92 Å². The average molecular weight is 339 g/mol. The summed E-state index contributed by atoms with van der Waals surface area (Å²) in [7, 11) is 3.08. The van der Waals surface area contributed by atoms with E-state index in [2.05, 4.69) is 15.5 Å². The molecule has 1 heterocycles. The quantitative estimate of drug-likeness (QED) is 0.767. The van der Waals surface area contributed by atoms with Crippen LogP contribution >= 0.6 is 0 Å². The summed E-state index contributed by atoms with van der Waals surface area (Å²) >= 11 is 0. The summed E-state index contributed by atoms with van der Waals surface area (Å²) in [5.41, 5.74) is 2.13. The van der Waals surface area contributed by atoms with E-state index < -0.39 is 5.91 Å². The van der Waals surface area contributed by atoms with Gasteiger partial charge in [-0.05, 0) is 36.8 Å². The lowest BCUT2D eigenvalue weighted by Crippen LogP contribution is -2.13. The van der Waals surface area contributed by atoms with Crippen LogP contribution in [-0.4, -0.2) is 30.3 Å². The minimum atomic E-state index is -0.516. The summed E-state index contributed by atoms with van der Waals surface area (Å²) in [6.07, 6.45) is 0. The molecule has 0 radical (unpaired) electrons. The maximum absolute atomic E-state index is 12.4. The first-order valence-corrected chi connectivity index (χ1v) is 7.55. The van der Waals surface area contributed by atoms with Gasteiger partial charge in [0.2, 0.25) is 0 Å². The zero-order valence-corrected chi connectivity index (χ0v) is 14.1. The van der Waals surface area contributed by atoms with Crippen LogP contribution < -0.4 is 14.8 Å². The van der Waals surface area contributed by atoms with Gasteiger partial charge in [-0.1, -0.05) is 18.2 Å². The van der Waals surface area contributed by atoms with Gasteiger partial charge in [0, 0.05) is 0 Å². The van der Waals surface area contributed by atoms with Crippen molar-refractivity contribution in [3.05, 3.63) is 53.9 Å². The predicted octanol–water partition coefficient (Wildman–Crippen LogP) is 3.31. The summed E-state index contributed by atoms with van der Waals surface area (Å²) in [5, 5.41) is 10.5. The minimum absolute atomic E-state index is 0.149. The number of amides is 1. The first kappa shape index (κ1) is 16.5. The van der Waals surface area contributed by atoms with E-state index in [0.29, 0.717) is 22.7 Å². The molecule has 0 saturated carbocycles. The van der Waals surface area contributed by atoms with E-state index in [1.54, 1.807) is 31.4 Å². The molecule has 0 aliphatic heterocycles. The van der Waals surface area contributed by atoms with Crippen LogP contribution in [0.1, 0.15) is 16.2 Å². The largest absolute Gasteiger partial charge is 0.496 e. The van der Waals surface area contributed by atoms with Gasteiger partial charge in [-0.3, -0.25) is 4.79 Å². The number of rotatable bonds is 5. The summed E-state index contributed by atoms with van der Waals surface area (Å²) in [4.78, 5) is 12.4. The second-order valence-corrected chi connectivity index (χ2v) is 5.27. The van der Waals surface area contributed by atoms with Gasteiger partial charge in [-0.2, -0.15) is 0 Å². The van der Waals surface area contributed by atoms with Crippen molar-refractivity contribution in [2.24, 2.45) is 0 Å². The Labute approximate surface area is 144 Å². The third kappa shape index (κ3) is 3.45. The summed E-state index contributed by atoms with van der Waals surface area (Å²) < 4.78 is 16.0. The molecule has 128 valence electrons. The third-order valence-electron chi connectivity index (χ3n) is 3.56. The van der Waals surface area contributed by atoms with Crippen molar-refractivity contribution in [2.45, 2.75) is 6.92 Å². The maximum atomic E-state index is 12.4. The van der Waals surface area contributed by atoms with Crippen molar-refractivity contribution in [3.8, 4) is 23.0 Å². The molecule has 0 aliphatic carbocycles. The Balaban J connectivity index is 1.85. The van der Waals surface area contributed by atoms with Gasteiger partial charge in [-0.15, -0.1) is 10.2 Å². The predicted molar refractivity (Wildman–Crippen MR) is 92.0 cm³/mol. The lowest BCUT2D eigenvalue weighted by molar-refractivity contribution is 0.0990. The lowest BCUT2D eigenvalue weighted by Gasteiger charge is -2.09. The molecule has 25 heavy (non-hydrogen) atoms. The van der Waals surface area contributed by atoms with E-state index >= 15 is 0 Å². The molecule has 0 saturated heterocycles. The monoisotopic (exact) mass is 339 g/mol. The number of carbonyl (C=O) groups is 1. The molecule has 0 atom stereocenters. The van der Waals surface area contributed by atoms with Crippen molar-refractivity contribution >= 4 is 11.6 Å². The zero-order chi connectivity index (χ0) is 17.8. The highest BCUT2D eigenvalue weighted by atomic mass is 16.5. The minimum Gasteiger partial charge on any atom is -0.496 e. The number of aryl methyl sites for hydroxylation is 1. The van der Waals surface area contributed by atoms with Gasteiger partial charge in [0.1, 0.15) is 11.5 Å². The van der Waals surface area contributed by atoms with Gasteiger partial charge in [0.05, 0.1) is 25.5 Å². The second-order valence-electron chi connectivity index (χ2n) is 5.27. The van der Waals surface area contributed by atoms with Crippen molar-refractivity contribution in [2.75, 3.05) is 19.5 Å². The first-order chi connectivity index (χ1) is 12.1. The highest BCUT2D eigenvalue weighted by Crippen LogP contribution is 2.29. The molecular formula is C18H17N3O4. The molecule has 0 aliphatic rings.